The topological polar surface area (TPSA) is 26.0 Å². The largest absolute Gasteiger partial charge is 0.330 e. The van der Waals surface area contributed by atoms with Crippen molar-refractivity contribution in [1.82, 2.24) is 0 Å². The second-order valence-corrected chi connectivity index (χ2v) is 3.98. The van der Waals surface area contributed by atoms with Gasteiger partial charge in [-0.3, -0.25) is 0 Å². The molecule has 1 heteroatoms. The minimum Gasteiger partial charge on any atom is -0.330 e. The normalized spacial score (nSPS) is 14.1. The molecule has 0 amide bonds. The van der Waals surface area contributed by atoms with Crippen LogP contribution in [0.2, 0.25) is 0 Å². The van der Waals surface area contributed by atoms with Gasteiger partial charge in [0.05, 0.1) is 0 Å². The molecular weight excluding hydrogens is 170 g/mol. The Hall–Kier alpha value is -1.08. The Bertz CT molecular complexity index is 352. The maximum atomic E-state index is 5.52. The quantitative estimate of drug-likeness (QED) is 0.773. The van der Waals surface area contributed by atoms with E-state index in [9.17, 15) is 0 Å². The van der Waals surface area contributed by atoms with Crippen molar-refractivity contribution in [2.24, 2.45) is 5.73 Å². The van der Waals surface area contributed by atoms with E-state index in [4.69, 9.17) is 5.73 Å². The molecule has 0 saturated heterocycles. The molecule has 0 spiro atoms. The van der Waals surface area contributed by atoms with E-state index in [1.807, 2.05) is 0 Å². The summed E-state index contributed by atoms with van der Waals surface area (Å²) >= 11 is 0. The average Bonchev–Trinajstić information content (AvgIpc) is 2.64. The molecule has 1 nitrogen and oxygen atoms in total. The van der Waals surface area contributed by atoms with Crippen molar-refractivity contribution in [3.8, 4) is 0 Å². The van der Waals surface area contributed by atoms with Gasteiger partial charge in [-0.15, -0.1) is 0 Å². The number of rotatable bonds is 3. The van der Waals surface area contributed by atoms with Crippen LogP contribution in [0, 0.1) is 0 Å². The lowest BCUT2D eigenvalue weighted by atomic mass is 10.00. The van der Waals surface area contributed by atoms with Crippen molar-refractivity contribution in [1.29, 1.82) is 0 Å². The molecule has 0 radical (unpaired) electrons. The summed E-state index contributed by atoms with van der Waals surface area (Å²) in [5, 5.41) is 0. The third-order valence-electron chi connectivity index (χ3n) is 2.95. The van der Waals surface area contributed by atoms with Crippen molar-refractivity contribution in [2.45, 2.75) is 25.7 Å². The molecule has 2 N–H and O–H groups in total. The van der Waals surface area contributed by atoms with E-state index in [1.165, 1.54) is 41.5 Å². The van der Waals surface area contributed by atoms with Gasteiger partial charge in [0.25, 0.3) is 0 Å². The van der Waals surface area contributed by atoms with E-state index < -0.39 is 0 Å². The first-order valence-electron chi connectivity index (χ1n) is 5.31. The molecule has 1 aliphatic carbocycles. The summed E-state index contributed by atoms with van der Waals surface area (Å²) in [6.07, 6.45) is 4.69. The van der Waals surface area contributed by atoms with Crippen molar-refractivity contribution >= 4 is 5.57 Å². The molecule has 2 rings (SSSR count). The Morgan fingerprint density at radius 3 is 2.86 bits per heavy atom. The number of fused-ring (bicyclic) bond motifs is 1. The fourth-order valence-corrected chi connectivity index (χ4v) is 2.11. The van der Waals surface area contributed by atoms with Crippen LogP contribution in [0.4, 0.5) is 0 Å². The minimum absolute atomic E-state index is 0.690. The van der Waals surface area contributed by atoms with Gasteiger partial charge in [0.15, 0.2) is 0 Å². The molecular formula is C13H17N. The summed E-state index contributed by atoms with van der Waals surface area (Å²) in [6, 6.07) is 6.72. The molecule has 1 aromatic carbocycles. The van der Waals surface area contributed by atoms with E-state index in [-0.39, 0.29) is 0 Å². The van der Waals surface area contributed by atoms with Crippen molar-refractivity contribution in [3.63, 3.8) is 0 Å². The lowest BCUT2D eigenvalue weighted by molar-refractivity contribution is 0.911. The second kappa shape index (κ2) is 3.97. The summed E-state index contributed by atoms with van der Waals surface area (Å²) in [4.78, 5) is 0. The molecule has 0 atom stereocenters. The SMILES string of the molecule is C=C(CCN)c1ccc2c(c1)CCC2. The first-order chi connectivity index (χ1) is 6.81. The molecule has 0 heterocycles. The van der Waals surface area contributed by atoms with Crippen LogP contribution in [0.3, 0.4) is 0 Å². The molecule has 74 valence electrons. The number of hydrogen-bond acceptors (Lipinski definition) is 1. The zero-order valence-corrected chi connectivity index (χ0v) is 8.55. The van der Waals surface area contributed by atoms with Crippen LogP contribution in [0.5, 0.6) is 0 Å². The molecule has 0 unspecified atom stereocenters. The highest BCUT2D eigenvalue weighted by Crippen LogP contribution is 2.26. The van der Waals surface area contributed by atoms with Crippen LogP contribution in [0.25, 0.3) is 5.57 Å². The number of benzene rings is 1. The molecule has 0 bridgehead atoms. The van der Waals surface area contributed by atoms with Gasteiger partial charge < -0.3 is 5.73 Å². The summed E-state index contributed by atoms with van der Waals surface area (Å²) in [5.74, 6) is 0. The van der Waals surface area contributed by atoms with Crippen LogP contribution < -0.4 is 5.73 Å². The van der Waals surface area contributed by atoms with Crippen LogP contribution in [0.1, 0.15) is 29.5 Å². The monoisotopic (exact) mass is 187 g/mol. The fraction of sp³-hybridized carbons (Fsp3) is 0.385. The lowest BCUT2D eigenvalue weighted by Gasteiger charge is -2.06. The third kappa shape index (κ3) is 1.73. The van der Waals surface area contributed by atoms with Crippen molar-refractivity contribution < 1.29 is 0 Å². The van der Waals surface area contributed by atoms with E-state index in [0.29, 0.717) is 6.54 Å². The molecule has 0 fully saturated rings. The molecule has 0 saturated carbocycles. The highest BCUT2D eigenvalue weighted by molar-refractivity contribution is 5.64. The average molecular weight is 187 g/mol. The van der Waals surface area contributed by atoms with Crippen LogP contribution >= 0.6 is 0 Å². The van der Waals surface area contributed by atoms with Crippen LogP contribution in [-0.4, -0.2) is 6.54 Å². The Morgan fingerprint density at radius 2 is 2.07 bits per heavy atom. The van der Waals surface area contributed by atoms with Gasteiger partial charge in [-0.1, -0.05) is 24.8 Å². The zero-order chi connectivity index (χ0) is 9.97. The lowest BCUT2D eigenvalue weighted by Crippen LogP contribution is -1.99. The third-order valence-corrected chi connectivity index (χ3v) is 2.95. The van der Waals surface area contributed by atoms with Crippen molar-refractivity contribution in [2.75, 3.05) is 6.54 Å². The fourth-order valence-electron chi connectivity index (χ4n) is 2.11. The summed E-state index contributed by atoms with van der Waals surface area (Å²) in [7, 11) is 0. The van der Waals surface area contributed by atoms with Gasteiger partial charge in [0, 0.05) is 0 Å². The summed E-state index contributed by atoms with van der Waals surface area (Å²) in [6.45, 7) is 4.75. The zero-order valence-electron chi connectivity index (χ0n) is 8.55. The standard InChI is InChI=1S/C13H17N/c1-10(7-8-14)12-6-5-11-3-2-4-13(11)9-12/h5-6,9H,1-4,7-8,14H2. The summed E-state index contributed by atoms with van der Waals surface area (Å²) < 4.78 is 0. The van der Waals surface area contributed by atoms with E-state index in [2.05, 4.69) is 24.8 Å². The Balaban J connectivity index is 2.24. The van der Waals surface area contributed by atoms with Crippen LogP contribution in [0.15, 0.2) is 24.8 Å². The number of aryl methyl sites for hydroxylation is 2. The van der Waals surface area contributed by atoms with Gasteiger partial charge in [0.1, 0.15) is 0 Å². The van der Waals surface area contributed by atoms with E-state index in [1.54, 1.807) is 0 Å². The predicted molar refractivity (Wildman–Crippen MR) is 61.2 cm³/mol. The van der Waals surface area contributed by atoms with E-state index >= 15 is 0 Å². The molecule has 14 heavy (non-hydrogen) atoms. The highest BCUT2D eigenvalue weighted by Gasteiger charge is 2.11. The number of nitrogens with two attached hydrogens (primary N) is 1. The molecule has 0 aliphatic heterocycles. The van der Waals surface area contributed by atoms with Crippen LogP contribution in [-0.2, 0) is 12.8 Å². The van der Waals surface area contributed by atoms with Gasteiger partial charge >= 0.3 is 0 Å². The van der Waals surface area contributed by atoms with Crippen molar-refractivity contribution in [3.05, 3.63) is 41.5 Å². The maximum absolute atomic E-state index is 5.52. The number of hydrogen-bond donors (Lipinski definition) is 1. The Morgan fingerprint density at radius 1 is 1.29 bits per heavy atom. The molecule has 0 aromatic heterocycles. The second-order valence-electron chi connectivity index (χ2n) is 3.98. The first-order valence-corrected chi connectivity index (χ1v) is 5.31. The van der Waals surface area contributed by atoms with E-state index in [0.717, 1.165) is 6.42 Å². The van der Waals surface area contributed by atoms with Gasteiger partial charge in [-0.2, -0.15) is 0 Å². The predicted octanol–water partition coefficient (Wildman–Crippen LogP) is 2.54. The summed E-state index contributed by atoms with van der Waals surface area (Å²) in [5.41, 5.74) is 11.0. The molecule has 1 aliphatic rings. The first kappa shape index (κ1) is 9.47. The maximum Gasteiger partial charge on any atom is -0.00367 e. The molecule has 1 aromatic rings. The Kier molecular flexibility index (Phi) is 2.69. The highest BCUT2D eigenvalue weighted by atomic mass is 14.5. The Labute approximate surface area is 85.6 Å². The van der Waals surface area contributed by atoms with Gasteiger partial charge in [-0.05, 0) is 54.5 Å². The van der Waals surface area contributed by atoms with Gasteiger partial charge in [0.2, 0.25) is 0 Å². The minimum atomic E-state index is 0.690. The van der Waals surface area contributed by atoms with Gasteiger partial charge in [-0.25, -0.2) is 0 Å². The smallest absolute Gasteiger partial charge is 0.00367 e.